The van der Waals surface area contributed by atoms with E-state index in [0.29, 0.717) is 12.1 Å². The van der Waals surface area contributed by atoms with Gasteiger partial charge in [0, 0.05) is 31.8 Å². The number of hydrogen-bond donors (Lipinski definition) is 1. The summed E-state index contributed by atoms with van der Waals surface area (Å²) in [6, 6.07) is 1.95. The van der Waals surface area contributed by atoms with E-state index < -0.39 is 0 Å². The Morgan fingerprint density at radius 1 is 1.50 bits per heavy atom. The largest absolute Gasteiger partial charge is 0.383 e. The number of rotatable bonds is 6. The zero-order chi connectivity index (χ0) is 12.0. The Labute approximate surface area is 101 Å². The van der Waals surface area contributed by atoms with Crippen LogP contribution in [0.2, 0.25) is 0 Å². The Morgan fingerprint density at radius 2 is 2.25 bits per heavy atom. The highest BCUT2D eigenvalue weighted by atomic mass is 16.5. The number of piperidine rings is 1. The second-order valence-electron chi connectivity index (χ2n) is 5.07. The lowest BCUT2D eigenvalue weighted by Gasteiger charge is -2.41. The topological polar surface area (TPSA) is 24.5 Å². The zero-order valence-electron chi connectivity index (χ0n) is 11.3. The van der Waals surface area contributed by atoms with Gasteiger partial charge in [0.1, 0.15) is 0 Å². The van der Waals surface area contributed by atoms with Gasteiger partial charge < -0.3 is 10.1 Å². The van der Waals surface area contributed by atoms with Crippen molar-refractivity contribution in [1.29, 1.82) is 0 Å². The number of hydrogen-bond acceptors (Lipinski definition) is 3. The summed E-state index contributed by atoms with van der Waals surface area (Å²) in [6.45, 7) is 10.0. The molecule has 1 aliphatic rings. The molecule has 1 aliphatic heterocycles. The van der Waals surface area contributed by atoms with E-state index in [9.17, 15) is 0 Å². The summed E-state index contributed by atoms with van der Waals surface area (Å²) in [6.07, 6.45) is 3.78. The molecule has 3 nitrogen and oxygen atoms in total. The zero-order valence-corrected chi connectivity index (χ0v) is 11.3. The van der Waals surface area contributed by atoms with Crippen LogP contribution in [0.15, 0.2) is 0 Å². The van der Waals surface area contributed by atoms with Gasteiger partial charge in [-0.25, -0.2) is 0 Å². The lowest BCUT2D eigenvalue weighted by Crippen LogP contribution is -2.51. The van der Waals surface area contributed by atoms with Gasteiger partial charge in [0.2, 0.25) is 0 Å². The smallest absolute Gasteiger partial charge is 0.0615 e. The maximum absolute atomic E-state index is 5.24. The number of nitrogens with zero attached hydrogens (tertiary/aromatic N) is 1. The Balaban J connectivity index is 2.33. The van der Waals surface area contributed by atoms with Crippen molar-refractivity contribution < 1.29 is 4.74 Å². The first-order valence-corrected chi connectivity index (χ1v) is 6.67. The molecule has 0 radical (unpaired) electrons. The fourth-order valence-corrected chi connectivity index (χ4v) is 2.72. The predicted octanol–water partition coefficient (Wildman–Crippen LogP) is 1.87. The number of likely N-dealkylation sites (tertiary alicyclic amines) is 1. The van der Waals surface area contributed by atoms with E-state index in [4.69, 9.17) is 4.74 Å². The molecule has 96 valence electrons. The van der Waals surface area contributed by atoms with Crippen LogP contribution in [0.25, 0.3) is 0 Å². The summed E-state index contributed by atoms with van der Waals surface area (Å²) >= 11 is 0. The van der Waals surface area contributed by atoms with E-state index >= 15 is 0 Å². The van der Waals surface area contributed by atoms with E-state index in [1.807, 2.05) is 0 Å². The molecule has 0 aliphatic carbocycles. The van der Waals surface area contributed by atoms with E-state index in [2.05, 4.69) is 31.0 Å². The molecule has 0 amide bonds. The van der Waals surface area contributed by atoms with Gasteiger partial charge in [-0.15, -0.1) is 0 Å². The van der Waals surface area contributed by atoms with Crippen LogP contribution < -0.4 is 5.32 Å². The molecule has 0 spiro atoms. The second kappa shape index (κ2) is 7.25. The van der Waals surface area contributed by atoms with Gasteiger partial charge in [-0.2, -0.15) is 0 Å². The summed E-state index contributed by atoms with van der Waals surface area (Å²) in [5.41, 5.74) is 0. The molecule has 1 N–H and O–H groups in total. The van der Waals surface area contributed by atoms with Gasteiger partial charge in [-0.3, -0.25) is 4.90 Å². The van der Waals surface area contributed by atoms with Gasteiger partial charge in [0.05, 0.1) is 6.61 Å². The van der Waals surface area contributed by atoms with Gasteiger partial charge in [-0.1, -0.05) is 6.92 Å². The van der Waals surface area contributed by atoms with E-state index in [1.165, 1.54) is 25.8 Å². The van der Waals surface area contributed by atoms with Crippen molar-refractivity contribution in [1.82, 2.24) is 10.2 Å². The molecule has 1 rings (SSSR count). The summed E-state index contributed by atoms with van der Waals surface area (Å²) in [4.78, 5) is 2.58. The minimum absolute atomic E-state index is 0.548. The Bertz CT molecular complexity index is 187. The van der Waals surface area contributed by atoms with Crippen molar-refractivity contribution in [2.24, 2.45) is 0 Å². The maximum Gasteiger partial charge on any atom is 0.0615 e. The van der Waals surface area contributed by atoms with Crippen molar-refractivity contribution in [3.63, 3.8) is 0 Å². The number of nitrogens with one attached hydrogen (secondary N) is 1. The standard InChI is InChI=1S/C13H28N2O/c1-5-7-14-13-6-8-15(11(2)9-13)12(3)10-16-4/h11-14H,5-10H2,1-4H3. The fraction of sp³-hybridized carbons (Fsp3) is 1.00. The first-order valence-electron chi connectivity index (χ1n) is 6.67. The molecule has 0 aromatic carbocycles. The Morgan fingerprint density at radius 3 is 2.81 bits per heavy atom. The first-order chi connectivity index (χ1) is 7.69. The van der Waals surface area contributed by atoms with Crippen LogP contribution >= 0.6 is 0 Å². The van der Waals surface area contributed by atoms with Crippen molar-refractivity contribution in [3.05, 3.63) is 0 Å². The molecule has 0 aromatic rings. The van der Waals surface area contributed by atoms with Crippen LogP contribution in [0.4, 0.5) is 0 Å². The van der Waals surface area contributed by atoms with Gasteiger partial charge >= 0.3 is 0 Å². The highest BCUT2D eigenvalue weighted by Crippen LogP contribution is 2.19. The molecular formula is C13H28N2O. The molecule has 3 unspecified atom stereocenters. The summed E-state index contributed by atoms with van der Waals surface area (Å²) in [5.74, 6) is 0. The van der Waals surface area contributed by atoms with Crippen LogP contribution in [-0.4, -0.2) is 49.8 Å². The lowest BCUT2D eigenvalue weighted by molar-refractivity contribution is 0.0462. The summed E-state index contributed by atoms with van der Waals surface area (Å²) in [5, 5.41) is 3.64. The Hall–Kier alpha value is -0.120. The van der Waals surface area contributed by atoms with Gasteiger partial charge in [0.25, 0.3) is 0 Å². The maximum atomic E-state index is 5.24. The lowest BCUT2D eigenvalue weighted by atomic mass is 9.96. The first kappa shape index (κ1) is 13.9. The van der Waals surface area contributed by atoms with E-state index in [-0.39, 0.29) is 0 Å². The average Bonchev–Trinajstić information content (AvgIpc) is 2.26. The highest BCUT2D eigenvalue weighted by Gasteiger charge is 2.27. The number of ether oxygens (including phenoxy) is 1. The van der Waals surface area contributed by atoms with Gasteiger partial charge in [-0.05, 0) is 39.7 Å². The van der Waals surface area contributed by atoms with E-state index in [1.54, 1.807) is 7.11 Å². The monoisotopic (exact) mass is 228 g/mol. The molecule has 3 heteroatoms. The highest BCUT2D eigenvalue weighted by molar-refractivity contribution is 4.85. The third-order valence-corrected chi connectivity index (χ3v) is 3.58. The molecule has 1 saturated heterocycles. The molecule has 0 bridgehead atoms. The SMILES string of the molecule is CCCNC1CCN(C(C)COC)C(C)C1. The van der Waals surface area contributed by atoms with Crippen molar-refractivity contribution >= 4 is 0 Å². The molecule has 1 heterocycles. The molecule has 1 fully saturated rings. The van der Waals surface area contributed by atoms with Crippen LogP contribution in [-0.2, 0) is 4.74 Å². The third kappa shape index (κ3) is 4.04. The van der Waals surface area contributed by atoms with Crippen LogP contribution in [0.1, 0.15) is 40.0 Å². The molecular weight excluding hydrogens is 200 g/mol. The molecule has 0 aromatic heterocycles. The molecule has 0 saturated carbocycles. The minimum atomic E-state index is 0.548. The quantitative estimate of drug-likeness (QED) is 0.751. The fourth-order valence-electron chi connectivity index (χ4n) is 2.72. The van der Waals surface area contributed by atoms with Crippen LogP contribution in [0.5, 0.6) is 0 Å². The van der Waals surface area contributed by atoms with Crippen LogP contribution in [0.3, 0.4) is 0 Å². The second-order valence-corrected chi connectivity index (χ2v) is 5.07. The third-order valence-electron chi connectivity index (χ3n) is 3.58. The molecule has 16 heavy (non-hydrogen) atoms. The summed E-state index contributed by atoms with van der Waals surface area (Å²) < 4.78 is 5.24. The normalized spacial score (nSPS) is 29.2. The molecule has 3 atom stereocenters. The Kier molecular flexibility index (Phi) is 6.32. The predicted molar refractivity (Wildman–Crippen MR) is 68.8 cm³/mol. The summed E-state index contributed by atoms with van der Waals surface area (Å²) in [7, 11) is 1.79. The van der Waals surface area contributed by atoms with E-state index in [0.717, 1.165) is 19.2 Å². The van der Waals surface area contributed by atoms with Crippen molar-refractivity contribution in [2.45, 2.75) is 58.2 Å². The van der Waals surface area contributed by atoms with Crippen molar-refractivity contribution in [2.75, 3.05) is 26.8 Å². The number of methoxy groups -OCH3 is 1. The van der Waals surface area contributed by atoms with Crippen LogP contribution in [0, 0.1) is 0 Å². The average molecular weight is 228 g/mol. The minimum Gasteiger partial charge on any atom is -0.383 e. The van der Waals surface area contributed by atoms with Crippen molar-refractivity contribution in [3.8, 4) is 0 Å². The van der Waals surface area contributed by atoms with Gasteiger partial charge in [0.15, 0.2) is 0 Å².